The molecule has 0 fully saturated rings. The Morgan fingerprint density at radius 2 is 1.61 bits per heavy atom. The molecule has 11 heteroatoms. The molecule has 0 saturated carbocycles. The molecule has 0 atom stereocenters. The van der Waals surface area contributed by atoms with Gasteiger partial charge in [-0.1, -0.05) is 0 Å². The molecule has 3 aromatic heterocycles. The van der Waals surface area contributed by atoms with Gasteiger partial charge >= 0.3 is 12.4 Å². The quantitative estimate of drug-likeness (QED) is 0.461. The predicted molar refractivity (Wildman–Crippen MR) is 88.0 cm³/mol. The summed E-state index contributed by atoms with van der Waals surface area (Å²) in [6, 6.07) is 3.48. The summed E-state index contributed by atoms with van der Waals surface area (Å²) in [6.45, 7) is 2.91. The molecule has 0 aliphatic heterocycles. The van der Waals surface area contributed by atoms with E-state index in [1.807, 2.05) is 0 Å². The molecule has 0 aliphatic rings. The number of hydrogen-bond acceptors (Lipinski definition) is 3. The lowest BCUT2D eigenvalue weighted by atomic mass is 10.1. The molecular formula is C17H11F6N5. The van der Waals surface area contributed by atoms with Crippen LogP contribution in [0, 0.1) is 13.8 Å². The van der Waals surface area contributed by atoms with Crippen LogP contribution in [0.2, 0.25) is 0 Å². The van der Waals surface area contributed by atoms with E-state index in [0.717, 1.165) is 0 Å². The fourth-order valence-corrected chi connectivity index (χ4v) is 3.12. The maximum absolute atomic E-state index is 13.6. The highest BCUT2D eigenvalue weighted by Crippen LogP contribution is 2.37. The van der Waals surface area contributed by atoms with E-state index in [1.165, 1.54) is 25.3 Å². The number of fused-ring (bicyclic) bond motifs is 2. The van der Waals surface area contributed by atoms with Crippen molar-refractivity contribution in [2.24, 2.45) is 0 Å². The Bertz CT molecular complexity index is 1210. The van der Waals surface area contributed by atoms with Crippen molar-refractivity contribution >= 4 is 22.1 Å². The van der Waals surface area contributed by atoms with E-state index in [0.29, 0.717) is 27.1 Å². The number of H-pyrrole nitrogens is 1. The number of aryl methyl sites for hydroxylation is 2. The topological polar surface area (TPSA) is 59.4 Å². The van der Waals surface area contributed by atoms with Crippen LogP contribution in [0.4, 0.5) is 26.3 Å². The van der Waals surface area contributed by atoms with Crippen molar-refractivity contribution in [3.63, 3.8) is 0 Å². The first-order valence-corrected chi connectivity index (χ1v) is 7.95. The predicted octanol–water partition coefficient (Wildman–Crippen LogP) is 4.95. The number of alkyl halides is 6. The third-order valence-electron chi connectivity index (χ3n) is 4.34. The molecular weight excluding hydrogens is 388 g/mol. The van der Waals surface area contributed by atoms with Gasteiger partial charge in [-0.15, -0.1) is 0 Å². The van der Waals surface area contributed by atoms with Crippen molar-refractivity contribution in [2.45, 2.75) is 26.2 Å². The molecule has 5 nitrogen and oxygen atoms in total. The van der Waals surface area contributed by atoms with Crippen molar-refractivity contribution in [3.8, 4) is 5.69 Å². The first-order chi connectivity index (χ1) is 13.0. The monoisotopic (exact) mass is 399 g/mol. The van der Waals surface area contributed by atoms with Crippen molar-refractivity contribution in [1.82, 2.24) is 24.7 Å². The summed E-state index contributed by atoms with van der Waals surface area (Å²) in [5.41, 5.74) is -0.915. The molecule has 0 amide bonds. The maximum atomic E-state index is 13.6. The van der Waals surface area contributed by atoms with Gasteiger partial charge in [-0.05, 0) is 43.2 Å². The average molecular weight is 399 g/mol. The first kappa shape index (κ1) is 18.3. The Hall–Kier alpha value is -3.11. The van der Waals surface area contributed by atoms with E-state index in [2.05, 4.69) is 20.2 Å². The zero-order chi connectivity index (χ0) is 20.4. The van der Waals surface area contributed by atoms with Crippen molar-refractivity contribution in [3.05, 3.63) is 47.0 Å². The van der Waals surface area contributed by atoms with Crippen LogP contribution in [0.5, 0.6) is 0 Å². The largest absolute Gasteiger partial charge is 0.450 e. The zero-order valence-electron chi connectivity index (χ0n) is 14.4. The Morgan fingerprint density at radius 1 is 0.893 bits per heavy atom. The average Bonchev–Trinajstić information content (AvgIpc) is 3.17. The number of benzene rings is 1. The molecule has 1 aromatic carbocycles. The van der Waals surface area contributed by atoms with E-state index >= 15 is 0 Å². The highest BCUT2D eigenvalue weighted by Gasteiger charge is 2.40. The Morgan fingerprint density at radius 3 is 2.25 bits per heavy atom. The Labute approximate surface area is 153 Å². The summed E-state index contributed by atoms with van der Waals surface area (Å²) in [6.07, 6.45) is -8.29. The van der Waals surface area contributed by atoms with E-state index in [-0.39, 0.29) is 16.8 Å². The number of halogens is 6. The fraction of sp³-hybridized carbons (Fsp3) is 0.235. The number of imidazole rings is 1. The van der Waals surface area contributed by atoms with Gasteiger partial charge in [0.05, 0.1) is 17.4 Å². The Kier molecular flexibility index (Phi) is 3.71. The van der Waals surface area contributed by atoms with Crippen molar-refractivity contribution in [1.29, 1.82) is 0 Å². The van der Waals surface area contributed by atoms with Crippen LogP contribution in [0.1, 0.15) is 22.6 Å². The number of nitrogens with one attached hydrogen (secondary N) is 1. The van der Waals surface area contributed by atoms with E-state index < -0.39 is 29.5 Å². The minimum atomic E-state index is -4.90. The number of rotatable bonds is 1. The molecule has 28 heavy (non-hydrogen) atoms. The SMILES string of the molecule is Cc1cc(C(F)(F)F)nc2c1nc(C(F)(F)F)n2-c1cc(C)c2[nH]ncc2c1. The smallest absolute Gasteiger partial charge is 0.278 e. The van der Waals surface area contributed by atoms with E-state index in [9.17, 15) is 26.3 Å². The van der Waals surface area contributed by atoms with Gasteiger partial charge in [0.2, 0.25) is 5.82 Å². The van der Waals surface area contributed by atoms with Crippen LogP contribution in [-0.2, 0) is 12.4 Å². The van der Waals surface area contributed by atoms with Crippen LogP contribution in [-0.4, -0.2) is 24.7 Å². The van der Waals surface area contributed by atoms with Crippen molar-refractivity contribution in [2.75, 3.05) is 0 Å². The summed E-state index contributed by atoms with van der Waals surface area (Å²) < 4.78 is 81.1. The summed E-state index contributed by atoms with van der Waals surface area (Å²) in [4.78, 5) is 7.03. The second kappa shape index (κ2) is 5.69. The van der Waals surface area contributed by atoms with Crippen LogP contribution >= 0.6 is 0 Å². The lowest BCUT2D eigenvalue weighted by molar-refractivity contribution is -0.145. The van der Waals surface area contributed by atoms with Gasteiger partial charge in [-0.2, -0.15) is 31.4 Å². The van der Waals surface area contributed by atoms with Crippen LogP contribution in [0.25, 0.3) is 27.8 Å². The maximum Gasteiger partial charge on any atom is 0.450 e. The molecule has 0 radical (unpaired) electrons. The molecule has 146 valence electrons. The number of hydrogen-bond donors (Lipinski definition) is 1. The molecule has 1 N–H and O–H groups in total. The lowest BCUT2D eigenvalue weighted by Gasteiger charge is -2.13. The van der Waals surface area contributed by atoms with Crippen LogP contribution in [0.3, 0.4) is 0 Å². The highest BCUT2D eigenvalue weighted by molar-refractivity contribution is 5.85. The second-order valence-corrected chi connectivity index (χ2v) is 6.36. The van der Waals surface area contributed by atoms with E-state index in [4.69, 9.17) is 0 Å². The Balaban J connectivity index is 2.13. The summed E-state index contributed by atoms with van der Waals surface area (Å²) in [7, 11) is 0. The highest BCUT2D eigenvalue weighted by atomic mass is 19.4. The number of aromatic amines is 1. The zero-order valence-corrected chi connectivity index (χ0v) is 14.4. The molecule has 4 aromatic rings. The van der Waals surface area contributed by atoms with Gasteiger partial charge in [0, 0.05) is 5.39 Å². The van der Waals surface area contributed by atoms with Gasteiger partial charge in [0.25, 0.3) is 0 Å². The number of pyridine rings is 1. The molecule has 3 heterocycles. The second-order valence-electron chi connectivity index (χ2n) is 6.36. The van der Waals surface area contributed by atoms with Crippen LogP contribution < -0.4 is 0 Å². The van der Waals surface area contributed by atoms with Crippen LogP contribution in [0.15, 0.2) is 24.4 Å². The van der Waals surface area contributed by atoms with Gasteiger partial charge in [-0.25, -0.2) is 9.97 Å². The van der Waals surface area contributed by atoms with Gasteiger partial charge in [0.15, 0.2) is 5.65 Å². The minimum absolute atomic E-state index is 0.00699. The molecule has 0 aliphatic carbocycles. The summed E-state index contributed by atoms with van der Waals surface area (Å²) in [5, 5.41) is 7.07. The molecule has 0 bridgehead atoms. The molecule has 0 spiro atoms. The minimum Gasteiger partial charge on any atom is -0.278 e. The third-order valence-corrected chi connectivity index (χ3v) is 4.34. The fourth-order valence-electron chi connectivity index (χ4n) is 3.12. The van der Waals surface area contributed by atoms with Gasteiger partial charge in [-0.3, -0.25) is 9.67 Å². The number of nitrogens with zero attached hydrogens (tertiary/aromatic N) is 4. The van der Waals surface area contributed by atoms with E-state index in [1.54, 1.807) is 6.92 Å². The van der Waals surface area contributed by atoms with Gasteiger partial charge < -0.3 is 0 Å². The lowest BCUT2D eigenvalue weighted by Crippen LogP contribution is -2.15. The molecule has 4 rings (SSSR count). The first-order valence-electron chi connectivity index (χ1n) is 7.95. The number of aromatic nitrogens is 5. The molecule has 0 saturated heterocycles. The normalized spacial score (nSPS) is 13.0. The molecule has 0 unspecified atom stereocenters. The van der Waals surface area contributed by atoms with Crippen molar-refractivity contribution < 1.29 is 26.3 Å². The standard InChI is InChI=1S/C17H11F6N5/c1-7-3-10(5-9-6-24-27-12(7)9)28-14-13(26-15(28)17(21,22)23)8(2)4-11(25-14)16(18,19)20/h3-6H,1-2H3,(H,24,27). The van der Waals surface area contributed by atoms with Gasteiger partial charge in [0.1, 0.15) is 11.2 Å². The summed E-state index contributed by atoms with van der Waals surface area (Å²) in [5.74, 6) is -1.35. The summed E-state index contributed by atoms with van der Waals surface area (Å²) >= 11 is 0. The third kappa shape index (κ3) is 2.77.